The summed E-state index contributed by atoms with van der Waals surface area (Å²) in [6.45, 7) is 1.16. The van der Waals surface area contributed by atoms with Crippen molar-refractivity contribution in [2.24, 2.45) is 0 Å². The topological polar surface area (TPSA) is 98.5 Å². The quantitative estimate of drug-likeness (QED) is 0.504. The van der Waals surface area contributed by atoms with Crippen molar-refractivity contribution < 1.29 is 19.2 Å². The Kier molecular flexibility index (Phi) is 5.30. The minimum Gasteiger partial charge on any atom is -0.451 e. The van der Waals surface area contributed by atoms with Crippen LogP contribution in [-0.2, 0) is 9.53 Å². The molecule has 9 heteroatoms. The summed E-state index contributed by atoms with van der Waals surface area (Å²) in [6, 6.07) is 7.11. The van der Waals surface area contributed by atoms with Crippen molar-refractivity contribution in [3.63, 3.8) is 0 Å². The van der Waals surface area contributed by atoms with Crippen LogP contribution < -0.4 is 5.32 Å². The third-order valence-electron chi connectivity index (χ3n) is 2.80. The van der Waals surface area contributed by atoms with Gasteiger partial charge in [0.1, 0.15) is 4.88 Å². The van der Waals surface area contributed by atoms with E-state index in [4.69, 9.17) is 16.3 Å². The number of benzene rings is 1. The number of nitrogens with zero attached hydrogens (tertiary/aromatic N) is 1. The number of esters is 1. The van der Waals surface area contributed by atoms with Gasteiger partial charge in [-0.05, 0) is 30.7 Å². The Hall–Kier alpha value is -2.45. The van der Waals surface area contributed by atoms with Crippen LogP contribution in [0.4, 0.5) is 11.4 Å². The van der Waals surface area contributed by atoms with Crippen molar-refractivity contribution in [1.29, 1.82) is 0 Å². The minimum atomic E-state index is -0.641. The van der Waals surface area contributed by atoms with Crippen molar-refractivity contribution in [1.82, 2.24) is 0 Å². The zero-order valence-electron chi connectivity index (χ0n) is 11.9. The molecule has 0 saturated heterocycles. The molecule has 0 fully saturated rings. The summed E-state index contributed by atoms with van der Waals surface area (Å²) in [5.41, 5.74) is 0.876. The van der Waals surface area contributed by atoms with Crippen LogP contribution in [0.1, 0.15) is 15.2 Å². The van der Waals surface area contributed by atoms with Crippen LogP contribution in [0.3, 0.4) is 0 Å². The van der Waals surface area contributed by atoms with Gasteiger partial charge in [-0.1, -0.05) is 11.6 Å². The van der Waals surface area contributed by atoms with Crippen LogP contribution in [0.2, 0.25) is 4.34 Å². The monoisotopic (exact) mass is 354 g/mol. The van der Waals surface area contributed by atoms with Crippen molar-refractivity contribution in [3.8, 4) is 0 Å². The molecule has 1 heterocycles. The van der Waals surface area contributed by atoms with Crippen LogP contribution in [0.15, 0.2) is 30.3 Å². The van der Waals surface area contributed by atoms with Gasteiger partial charge < -0.3 is 10.1 Å². The summed E-state index contributed by atoms with van der Waals surface area (Å²) in [6.07, 6.45) is 0. The third-order valence-corrected chi connectivity index (χ3v) is 4.01. The van der Waals surface area contributed by atoms with Gasteiger partial charge in [0.2, 0.25) is 0 Å². The molecule has 2 aromatic rings. The van der Waals surface area contributed by atoms with E-state index in [0.29, 0.717) is 20.5 Å². The number of halogens is 1. The number of aryl methyl sites for hydroxylation is 1. The molecule has 0 bridgehead atoms. The Morgan fingerprint density at radius 3 is 2.65 bits per heavy atom. The molecule has 1 amide bonds. The highest BCUT2D eigenvalue weighted by Crippen LogP contribution is 2.22. The van der Waals surface area contributed by atoms with Crippen LogP contribution in [0.5, 0.6) is 0 Å². The molecule has 0 unspecified atom stereocenters. The summed E-state index contributed by atoms with van der Waals surface area (Å²) in [4.78, 5) is 33.9. The largest absolute Gasteiger partial charge is 0.451 e. The van der Waals surface area contributed by atoms with Crippen molar-refractivity contribution >= 4 is 46.2 Å². The van der Waals surface area contributed by atoms with Crippen molar-refractivity contribution in [2.45, 2.75) is 6.92 Å². The van der Waals surface area contributed by atoms with E-state index in [2.05, 4.69) is 5.32 Å². The number of amides is 1. The number of nitro benzene ring substituents is 1. The maximum Gasteiger partial charge on any atom is 0.348 e. The van der Waals surface area contributed by atoms with E-state index < -0.39 is 23.4 Å². The van der Waals surface area contributed by atoms with Crippen LogP contribution in [0.25, 0.3) is 0 Å². The van der Waals surface area contributed by atoms with Crippen molar-refractivity contribution in [2.75, 3.05) is 11.9 Å². The van der Waals surface area contributed by atoms with Gasteiger partial charge >= 0.3 is 5.97 Å². The van der Waals surface area contributed by atoms with E-state index in [-0.39, 0.29) is 5.69 Å². The summed E-state index contributed by atoms with van der Waals surface area (Å²) >= 11 is 6.76. The second-order valence-electron chi connectivity index (χ2n) is 4.48. The Labute approximate surface area is 140 Å². The zero-order valence-corrected chi connectivity index (χ0v) is 13.4. The number of carbonyl (C=O) groups excluding carboxylic acids is 2. The van der Waals surface area contributed by atoms with Gasteiger partial charge in [0, 0.05) is 17.8 Å². The lowest BCUT2D eigenvalue weighted by Crippen LogP contribution is -2.21. The Morgan fingerprint density at radius 2 is 2.09 bits per heavy atom. The average molecular weight is 355 g/mol. The number of thiophene rings is 1. The minimum absolute atomic E-state index is 0.0681. The van der Waals surface area contributed by atoms with E-state index in [1.807, 2.05) is 0 Å². The van der Waals surface area contributed by atoms with Crippen LogP contribution in [0, 0.1) is 17.0 Å². The summed E-state index contributed by atoms with van der Waals surface area (Å²) < 4.78 is 5.32. The predicted octanol–water partition coefficient (Wildman–Crippen LogP) is 3.41. The normalized spacial score (nSPS) is 10.2. The first-order valence-electron chi connectivity index (χ1n) is 6.34. The molecule has 0 radical (unpaired) electrons. The molecule has 0 aliphatic rings. The van der Waals surface area contributed by atoms with Gasteiger partial charge in [0.15, 0.2) is 6.61 Å². The second-order valence-corrected chi connectivity index (χ2v) is 6.20. The molecular weight excluding hydrogens is 344 g/mol. The maximum atomic E-state index is 11.8. The second kappa shape index (κ2) is 7.21. The number of nitrogens with one attached hydrogen (secondary N) is 1. The number of hydrogen-bond acceptors (Lipinski definition) is 6. The molecule has 1 aromatic carbocycles. The molecule has 0 aliphatic heterocycles. The summed E-state index contributed by atoms with van der Waals surface area (Å²) in [5.74, 6) is -1.18. The summed E-state index contributed by atoms with van der Waals surface area (Å²) in [7, 11) is 0. The number of rotatable bonds is 5. The lowest BCUT2D eigenvalue weighted by Gasteiger charge is -2.08. The highest BCUT2D eigenvalue weighted by molar-refractivity contribution is 7.17. The van der Waals surface area contributed by atoms with Crippen LogP contribution in [-0.4, -0.2) is 23.4 Å². The first-order chi connectivity index (χ1) is 10.9. The molecule has 0 aliphatic carbocycles. The van der Waals surface area contributed by atoms with Gasteiger partial charge in [-0.2, -0.15) is 0 Å². The SMILES string of the molecule is Cc1cc([N+](=O)[O-])ccc1NC(=O)COC(=O)c1ccc(Cl)s1. The Morgan fingerprint density at radius 1 is 1.35 bits per heavy atom. The number of nitro groups is 1. The molecule has 23 heavy (non-hydrogen) atoms. The number of non-ortho nitro benzene ring substituents is 1. The van der Waals surface area contributed by atoms with E-state index >= 15 is 0 Å². The zero-order chi connectivity index (χ0) is 17.0. The van der Waals surface area contributed by atoms with Crippen molar-refractivity contribution in [3.05, 3.63) is 55.2 Å². The fourth-order valence-corrected chi connectivity index (χ4v) is 2.65. The lowest BCUT2D eigenvalue weighted by atomic mass is 10.2. The standard InChI is InChI=1S/C14H11ClN2O5S/c1-8-6-9(17(20)21)2-3-10(8)16-13(18)7-22-14(19)11-4-5-12(15)23-11/h2-6H,7H2,1H3,(H,16,18). The number of anilines is 1. The van der Waals surface area contributed by atoms with Crippen LogP contribution >= 0.6 is 22.9 Å². The molecule has 7 nitrogen and oxygen atoms in total. The van der Waals surface area contributed by atoms with E-state index in [0.717, 1.165) is 11.3 Å². The van der Waals surface area contributed by atoms with E-state index in [1.54, 1.807) is 13.0 Å². The molecule has 0 saturated carbocycles. The van der Waals surface area contributed by atoms with Gasteiger partial charge in [0.25, 0.3) is 11.6 Å². The van der Waals surface area contributed by atoms with Gasteiger partial charge in [0.05, 0.1) is 9.26 Å². The van der Waals surface area contributed by atoms with Gasteiger partial charge in [-0.3, -0.25) is 14.9 Å². The Bertz CT molecular complexity index is 774. The number of hydrogen-bond donors (Lipinski definition) is 1. The molecule has 1 N–H and O–H groups in total. The first-order valence-corrected chi connectivity index (χ1v) is 7.53. The highest BCUT2D eigenvalue weighted by Gasteiger charge is 2.14. The molecule has 120 valence electrons. The maximum absolute atomic E-state index is 11.8. The molecular formula is C14H11ClN2O5S. The molecule has 0 atom stereocenters. The molecule has 1 aromatic heterocycles. The predicted molar refractivity (Wildman–Crippen MR) is 86.1 cm³/mol. The van der Waals surface area contributed by atoms with E-state index in [9.17, 15) is 19.7 Å². The average Bonchev–Trinajstić information content (AvgIpc) is 2.93. The Balaban J connectivity index is 1.92. The fourth-order valence-electron chi connectivity index (χ4n) is 1.71. The molecule has 0 spiro atoms. The van der Waals surface area contributed by atoms with Gasteiger partial charge in [-0.25, -0.2) is 4.79 Å². The lowest BCUT2D eigenvalue weighted by molar-refractivity contribution is -0.384. The third kappa shape index (κ3) is 4.51. The number of carbonyl (C=O) groups is 2. The first kappa shape index (κ1) is 16.9. The summed E-state index contributed by atoms with van der Waals surface area (Å²) in [5, 5.41) is 13.2. The fraction of sp³-hybridized carbons (Fsp3) is 0.143. The smallest absolute Gasteiger partial charge is 0.348 e. The van der Waals surface area contributed by atoms with Gasteiger partial charge in [-0.15, -0.1) is 11.3 Å². The van der Waals surface area contributed by atoms with E-state index in [1.165, 1.54) is 24.3 Å². The highest BCUT2D eigenvalue weighted by atomic mass is 35.5. The number of ether oxygens (including phenoxy) is 1. The molecule has 2 rings (SSSR count).